The normalized spacial score (nSPS) is 18.4. The molecule has 47 heavy (non-hydrogen) atoms. The Morgan fingerprint density at radius 3 is 2.28 bits per heavy atom. The maximum Gasteiger partial charge on any atom is 0.338 e. The molecule has 2 N–H and O–H groups in total. The van der Waals surface area contributed by atoms with Crippen LogP contribution in [-0.4, -0.2) is 59.4 Å². The van der Waals surface area contributed by atoms with Crippen LogP contribution in [0.3, 0.4) is 0 Å². The highest BCUT2D eigenvalue weighted by Crippen LogP contribution is 2.54. The SMILES string of the molecule is CCOC(=O)c1ccc(N2C(=O)C3Sc4c(sc(=O)n4CC(=O)Nc4ccc(O)cc4)[C@H](c4ccc(OC)c(OC)c4)C3C2=O)cc1. The first-order valence-electron chi connectivity index (χ1n) is 14.5. The van der Waals surface area contributed by atoms with Crippen LogP contribution in [0.15, 0.2) is 76.6 Å². The fraction of sp³-hybridized carbons (Fsp3) is 0.242. The molecule has 2 unspecified atom stereocenters. The molecular weight excluding hydrogens is 647 g/mol. The van der Waals surface area contributed by atoms with Crippen LogP contribution in [0, 0.1) is 5.92 Å². The molecule has 1 fully saturated rings. The van der Waals surface area contributed by atoms with E-state index in [1.807, 2.05) is 0 Å². The van der Waals surface area contributed by atoms with Crippen molar-refractivity contribution in [1.82, 2.24) is 4.57 Å². The summed E-state index contributed by atoms with van der Waals surface area (Å²) in [6.45, 7) is 1.56. The highest BCUT2D eigenvalue weighted by atomic mass is 32.2. The van der Waals surface area contributed by atoms with Gasteiger partial charge in [-0.1, -0.05) is 29.2 Å². The number of nitrogens with one attached hydrogen (secondary N) is 1. The quantitative estimate of drug-likeness (QED) is 0.150. The number of methoxy groups -OCH3 is 2. The number of thiazole rings is 1. The number of anilines is 2. The van der Waals surface area contributed by atoms with Gasteiger partial charge < -0.3 is 24.6 Å². The second-order valence-electron chi connectivity index (χ2n) is 10.7. The molecule has 1 aromatic heterocycles. The summed E-state index contributed by atoms with van der Waals surface area (Å²) in [5.41, 5.74) is 1.63. The van der Waals surface area contributed by atoms with Crippen molar-refractivity contribution in [3.63, 3.8) is 0 Å². The van der Waals surface area contributed by atoms with E-state index in [0.717, 1.165) is 28.0 Å². The zero-order valence-corrected chi connectivity index (χ0v) is 27.1. The summed E-state index contributed by atoms with van der Waals surface area (Å²) >= 11 is 2.00. The van der Waals surface area contributed by atoms with Crippen molar-refractivity contribution in [2.24, 2.45) is 5.92 Å². The first kappa shape index (κ1) is 31.9. The molecule has 0 bridgehead atoms. The fourth-order valence-corrected chi connectivity index (χ4v) is 8.54. The molecular formula is C33H29N3O9S2. The molecule has 12 nitrogen and oxygen atoms in total. The summed E-state index contributed by atoms with van der Waals surface area (Å²) in [6.07, 6.45) is 0. The number of hydrogen-bond acceptors (Lipinski definition) is 11. The summed E-state index contributed by atoms with van der Waals surface area (Å²) in [7, 11) is 2.99. The van der Waals surface area contributed by atoms with E-state index in [1.165, 1.54) is 67.3 Å². The van der Waals surface area contributed by atoms with Crippen molar-refractivity contribution in [2.45, 2.75) is 29.7 Å². The lowest BCUT2D eigenvalue weighted by atomic mass is 9.83. The minimum Gasteiger partial charge on any atom is -0.508 e. The van der Waals surface area contributed by atoms with Crippen LogP contribution in [-0.2, 0) is 25.7 Å². The maximum absolute atomic E-state index is 14.2. The van der Waals surface area contributed by atoms with E-state index in [9.17, 15) is 29.1 Å². The number of phenolic OH excluding ortho intramolecular Hbond substituents is 1. The number of ether oxygens (including phenoxy) is 3. The van der Waals surface area contributed by atoms with Gasteiger partial charge in [0.15, 0.2) is 11.5 Å². The van der Waals surface area contributed by atoms with Crippen LogP contribution in [0.4, 0.5) is 11.4 Å². The number of thioether (sulfide) groups is 1. The predicted octanol–water partition coefficient (Wildman–Crippen LogP) is 4.24. The Hall–Kier alpha value is -5.08. The van der Waals surface area contributed by atoms with E-state index in [2.05, 4.69) is 5.32 Å². The van der Waals surface area contributed by atoms with Crippen LogP contribution in [0.2, 0.25) is 0 Å². The van der Waals surface area contributed by atoms with Gasteiger partial charge in [-0.05, 0) is 73.2 Å². The average Bonchev–Trinajstić information content (AvgIpc) is 3.51. The second kappa shape index (κ2) is 13.0. The van der Waals surface area contributed by atoms with Gasteiger partial charge in [0.1, 0.15) is 17.5 Å². The number of fused-ring (bicyclic) bond motifs is 2. The van der Waals surface area contributed by atoms with Crippen molar-refractivity contribution in [1.29, 1.82) is 0 Å². The third kappa shape index (κ3) is 5.85. The summed E-state index contributed by atoms with van der Waals surface area (Å²) in [5, 5.41) is 11.8. The van der Waals surface area contributed by atoms with Crippen LogP contribution < -0.4 is 24.6 Å². The number of nitrogens with zero attached hydrogens (tertiary/aromatic N) is 2. The van der Waals surface area contributed by atoms with Crippen molar-refractivity contribution in [3.05, 3.63) is 92.4 Å². The van der Waals surface area contributed by atoms with Crippen molar-refractivity contribution < 1.29 is 38.5 Å². The zero-order valence-electron chi connectivity index (χ0n) is 25.4. The molecule has 6 rings (SSSR count). The number of esters is 1. The Morgan fingerprint density at radius 1 is 0.915 bits per heavy atom. The summed E-state index contributed by atoms with van der Waals surface area (Å²) in [5.74, 6) is -2.65. The second-order valence-corrected chi connectivity index (χ2v) is 12.8. The third-order valence-corrected chi connectivity index (χ3v) is 10.5. The Bertz CT molecular complexity index is 1940. The number of hydrogen-bond donors (Lipinski definition) is 2. The number of carbonyl (C=O) groups is 4. The smallest absolute Gasteiger partial charge is 0.338 e. The van der Waals surface area contributed by atoms with Crippen molar-refractivity contribution in [2.75, 3.05) is 31.0 Å². The molecule has 2 aliphatic heterocycles. The summed E-state index contributed by atoms with van der Waals surface area (Å²) in [4.78, 5) is 68.2. The van der Waals surface area contributed by atoms with Gasteiger partial charge in [-0.3, -0.25) is 23.7 Å². The lowest BCUT2D eigenvalue weighted by Crippen LogP contribution is -2.33. The molecule has 0 aliphatic carbocycles. The van der Waals surface area contributed by atoms with Crippen molar-refractivity contribution >= 4 is 58.2 Å². The number of imide groups is 1. The Morgan fingerprint density at radius 2 is 1.62 bits per heavy atom. The third-order valence-electron chi connectivity index (χ3n) is 7.91. The topological polar surface area (TPSA) is 153 Å². The number of carbonyl (C=O) groups excluding carboxylic acids is 4. The highest BCUT2D eigenvalue weighted by Gasteiger charge is 2.57. The molecule has 242 valence electrons. The first-order valence-corrected chi connectivity index (χ1v) is 16.2. The minimum absolute atomic E-state index is 0.0399. The summed E-state index contributed by atoms with van der Waals surface area (Å²) in [6, 6.07) is 17.1. The standard InChI is InChI=1S/C33H29N3O9S2/c1-4-45-32(41)17-5-10-20(11-6-17)36-29(39)26-25(18-7-14-22(43-2)23(15-18)44-3)28-31(46-27(26)30(36)40)35(33(42)47-28)16-24(38)34-19-8-12-21(37)13-9-19/h5-15,25-27,37H,4,16H2,1-3H3,(H,34,38)/t25-,26?,27?/m1/s1. The molecule has 3 amide bonds. The van der Waals surface area contributed by atoms with Crippen LogP contribution in [0.5, 0.6) is 17.2 Å². The molecule has 3 heterocycles. The van der Waals surface area contributed by atoms with E-state index in [-0.39, 0.29) is 24.5 Å². The molecule has 1 saturated heterocycles. The highest BCUT2D eigenvalue weighted by molar-refractivity contribution is 8.00. The lowest BCUT2D eigenvalue weighted by Gasteiger charge is -2.31. The van der Waals surface area contributed by atoms with Crippen molar-refractivity contribution in [3.8, 4) is 17.2 Å². The number of amides is 3. The number of rotatable bonds is 9. The van der Waals surface area contributed by atoms with E-state index >= 15 is 0 Å². The van der Waals surface area contributed by atoms with Crippen LogP contribution in [0.1, 0.15) is 33.6 Å². The average molecular weight is 676 g/mol. The zero-order chi connectivity index (χ0) is 33.4. The van der Waals surface area contributed by atoms with Gasteiger partial charge in [0.05, 0.1) is 43.0 Å². The number of aromatic hydroxyl groups is 1. The fourth-order valence-electron chi connectivity index (χ4n) is 5.77. The van der Waals surface area contributed by atoms with Gasteiger partial charge in [-0.15, -0.1) is 0 Å². The van der Waals surface area contributed by atoms with E-state index in [1.54, 1.807) is 25.1 Å². The van der Waals surface area contributed by atoms with Gasteiger partial charge in [-0.25, -0.2) is 9.69 Å². The van der Waals surface area contributed by atoms with Gasteiger partial charge in [0, 0.05) is 16.5 Å². The Labute approximate surface area is 276 Å². The first-order chi connectivity index (χ1) is 22.6. The Kier molecular flexibility index (Phi) is 8.80. The predicted molar refractivity (Wildman–Crippen MR) is 175 cm³/mol. The molecule has 0 saturated carbocycles. The maximum atomic E-state index is 14.2. The number of benzene rings is 3. The number of phenols is 1. The van der Waals surface area contributed by atoms with Gasteiger partial charge >= 0.3 is 10.8 Å². The molecule has 2 aliphatic rings. The van der Waals surface area contributed by atoms with Crippen LogP contribution in [0.25, 0.3) is 0 Å². The lowest BCUT2D eigenvalue weighted by molar-refractivity contribution is -0.122. The molecule has 4 aromatic rings. The van der Waals surface area contributed by atoms with Gasteiger partial charge in [0.2, 0.25) is 17.7 Å². The van der Waals surface area contributed by atoms with E-state index in [4.69, 9.17) is 14.2 Å². The minimum atomic E-state index is -0.918. The monoisotopic (exact) mass is 675 g/mol. The van der Waals surface area contributed by atoms with E-state index in [0.29, 0.717) is 38.3 Å². The largest absolute Gasteiger partial charge is 0.508 e. The number of aromatic nitrogens is 1. The molecule has 3 aromatic carbocycles. The molecule has 3 atom stereocenters. The van der Waals surface area contributed by atoms with Gasteiger partial charge in [0.25, 0.3) is 0 Å². The van der Waals surface area contributed by atoms with Gasteiger partial charge in [-0.2, -0.15) is 0 Å². The van der Waals surface area contributed by atoms with Crippen LogP contribution >= 0.6 is 23.1 Å². The summed E-state index contributed by atoms with van der Waals surface area (Å²) < 4.78 is 17.3. The molecule has 0 spiro atoms. The molecule has 0 radical (unpaired) electrons. The van der Waals surface area contributed by atoms with E-state index < -0.39 is 45.6 Å². The molecule has 14 heteroatoms. The Balaban J connectivity index is 1.40.